The average molecular weight is 386 g/mol. The third kappa shape index (κ3) is 2.37. The van der Waals surface area contributed by atoms with E-state index in [1.54, 1.807) is 0 Å². The van der Waals surface area contributed by atoms with Gasteiger partial charge in [0.25, 0.3) is 0 Å². The number of rotatable bonds is 3. The summed E-state index contributed by atoms with van der Waals surface area (Å²) in [6.45, 7) is 6.36. The molecule has 0 fully saturated rings. The summed E-state index contributed by atoms with van der Waals surface area (Å²) in [7, 11) is 0. The van der Waals surface area contributed by atoms with Crippen molar-refractivity contribution in [1.82, 2.24) is 0 Å². The summed E-state index contributed by atoms with van der Waals surface area (Å²) in [6.07, 6.45) is 1.12. The number of hydrogen-bond donors (Lipinski definition) is 2. The molecule has 1 aliphatic carbocycles. The number of aliphatic hydroxyl groups is 1. The summed E-state index contributed by atoms with van der Waals surface area (Å²) >= 11 is 0. The molecule has 1 atom stereocenters. The van der Waals surface area contributed by atoms with E-state index in [9.17, 15) is 29.4 Å². The minimum atomic E-state index is -1.63. The number of phenols is 1. The molecule has 3 rings (SSSR count). The normalized spacial score (nSPS) is 20.2. The monoisotopic (exact) mass is 386 g/mol. The third-order valence-corrected chi connectivity index (χ3v) is 4.97. The molecule has 1 aliphatic heterocycles. The topological polar surface area (TPSA) is 127 Å². The van der Waals surface area contributed by atoms with Gasteiger partial charge in [-0.05, 0) is 27.7 Å². The summed E-state index contributed by atoms with van der Waals surface area (Å²) in [5, 5.41) is 20.6. The molecular weight excluding hydrogens is 368 g/mol. The number of fused-ring (bicyclic) bond motifs is 3. The van der Waals surface area contributed by atoms with E-state index in [1.807, 2.05) is 0 Å². The molecule has 0 saturated carbocycles. The second-order valence-electron chi connectivity index (χ2n) is 6.91. The zero-order valence-electron chi connectivity index (χ0n) is 15.9. The summed E-state index contributed by atoms with van der Waals surface area (Å²) in [4.78, 5) is 49.0. The first kappa shape index (κ1) is 19.3. The molecule has 1 aromatic rings. The number of aromatic hydroxyl groups is 1. The van der Waals surface area contributed by atoms with E-state index in [2.05, 4.69) is 0 Å². The lowest BCUT2D eigenvalue weighted by Crippen LogP contribution is -2.39. The number of esters is 1. The summed E-state index contributed by atoms with van der Waals surface area (Å²) in [5.41, 5.74) is -2.12. The SMILES string of the molecule is CC(=O)Oc1c(C)c(O)c(C(C)=O)c2c1[C@]1(C)C(=O)C(C(C)=O)=C(O)C=C1O2. The van der Waals surface area contributed by atoms with Crippen molar-refractivity contribution in [2.24, 2.45) is 0 Å². The van der Waals surface area contributed by atoms with Crippen LogP contribution in [0.3, 0.4) is 0 Å². The fraction of sp³-hybridized carbons (Fsp3) is 0.300. The van der Waals surface area contributed by atoms with Crippen LogP contribution in [0.4, 0.5) is 0 Å². The lowest BCUT2D eigenvalue weighted by molar-refractivity contribution is -0.132. The number of benzene rings is 1. The molecule has 1 heterocycles. The van der Waals surface area contributed by atoms with Crippen LogP contribution in [0.25, 0.3) is 0 Å². The van der Waals surface area contributed by atoms with Crippen molar-refractivity contribution in [2.45, 2.75) is 40.0 Å². The van der Waals surface area contributed by atoms with Crippen LogP contribution in [0.5, 0.6) is 17.2 Å². The number of allylic oxidation sites excluding steroid dienone is 3. The zero-order chi connectivity index (χ0) is 21.1. The first-order chi connectivity index (χ1) is 12.9. The minimum absolute atomic E-state index is 0.0455. The van der Waals surface area contributed by atoms with Crippen molar-refractivity contribution in [3.05, 3.63) is 39.9 Å². The van der Waals surface area contributed by atoms with Crippen molar-refractivity contribution in [2.75, 3.05) is 0 Å². The predicted molar refractivity (Wildman–Crippen MR) is 95.6 cm³/mol. The molecule has 2 aliphatic rings. The van der Waals surface area contributed by atoms with Gasteiger partial charge >= 0.3 is 5.97 Å². The molecule has 146 valence electrons. The fourth-order valence-electron chi connectivity index (χ4n) is 3.61. The van der Waals surface area contributed by atoms with E-state index >= 15 is 0 Å². The molecule has 8 heteroatoms. The second-order valence-corrected chi connectivity index (χ2v) is 6.91. The number of phenolic OH excluding ortho intramolecular Hbond substituents is 1. The predicted octanol–water partition coefficient (Wildman–Crippen LogP) is 2.35. The van der Waals surface area contributed by atoms with Crippen molar-refractivity contribution in [3.63, 3.8) is 0 Å². The Kier molecular flexibility index (Phi) is 4.18. The second kappa shape index (κ2) is 6.05. The van der Waals surface area contributed by atoms with Gasteiger partial charge in [0.1, 0.15) is 45.3 Å². The standard InChI is InChI=1S/C20H18O8/c1-7-16(25)14(9(3)22)18-15(17(7)27-10(4)23)20(5)12(28-18)6-11(24)13(8(2)21)19(20)26/h6,24-25H,1-5H3/t20-/m1/s1. The van der Waals surface area contributed by atoms with E-state index in [0.29, 0.717) is 0 Å². The fourth-order valence-corrected chi connectivity index (χ4v) is 3.61. The van der Waals surface area contributed by atoms with Crippen LogP contribution in [0.2, 0.25) is 0 Å². The van der Waals surface area contributed by atoms with Crippen molar-refractivity contribution in [3.8, 4) is 17.2 Å². The molecule has 2 N–H and O–H groups in total. The molecule has 8 nitrogen and oxygen atoms in total. The van der Waals surface area contributed by atoms with E-state index in [4.69, 9.17) is 9.47 Å². The molecule has 0 bridgehead atoms. The van der Waals surface area contributed by atoms with E-state index in [1.165, 1.54) is 20.8 Å². The highest BCUT2D eigenvalue weighted by atomic mass is 16.5. The van der Waals surface area contributed by atoms with Crippen molar-refractivity contribution >= 4 is 23.3 Å². The van der Waals surface area contributed by atoms with Gasteiger partial charge in [0.2, 0.25) is 0 Å². The van der Waals surface area contributed by atoms with Gasteiger partial charge in [-0.3, -0.25) is 19.2 Å². The van der Waals surface area contributed by atoms with Gasteiger partial charge in [-0.25, -0.2) is 0 Å². The van der Waals surface area contributed by atoms with E-state index < -0.39 is 45.8 Å². The molecule has 0 spiro atoms. The van der Waals surface area contributed by atoms with Crippen LogP contribution < -0.4 is 9.47 Å². The number of hydrogen-bond acceptors (Lipinski definition) is 8. The third-order valence-electron chi connectivity index (χ3n) is 4.97. The summed E-state index contributed by atoms with van der Waals surface area (Å²) in [5.74, 6) is -3.99. The zero-order valence-corrected chi connectivity index (χ0v) is 15.9. The smallest absolute Gasteiger partial charge is 0.308 e. The maximum Gasteiger partial charge on any atom is 0.308 e. The lowest BCUT2D eigenvalue weighted by Gasteiger charge is -2.28. The van der Waals surface area contributed by atoms with E-state index in [0.717, 1.165) is 19.9 Å². The van der Waals surface area contributed by atoms with Crippen LogP contribution in [-0.2, 0) is 19.8 Å². The Morgan fingerprint density at radius 1 is 1.11 bits per heavy atom. The van der Waals surface area contributed by atoms with Gasteiger partial charge < -0.3 is 19.7 Å². The number of ketones is 3. The van der Waals surface area contributed by atoms with Gasteiger partial charge in [0.05, 0.1) is 5.56 Å². The molecular formula is C20H18O8. The Morgan fingerprint density at radius 2 is 1.71 bits per heavy atom. The van der Waals surface area contributed by atoms with Gasteiger partial charge in [-0.15, -0.1) is 0 Å². The molecule has 28 heavy (non-hydrogen) atoms. The number of ether oxygens (including phenoxy) is 2. The Labute approximate surface area is 160 Å². The number of carbonyl (C=O) groups excluding carboxylic acids is 4. The molecule has 0 radical (unpaired) electrons. The first-order valence-electron chi connectivity index (χ1n) is 8.41. The molecule has 0 aromatic heterocycles. The average Bonchev–Trinajstić information content (AvgIpc) is 2.84. The van der Waals surface area contributed by atoms with Gasteiger partial charge in [-0.2, -0.15) is 0 Å². The Morgan fingerprint density at radius 3 is 2.21 bits per heavy atom. The van der Waals surface area contributed by atoms with Gasteiger partial charge in [-0.1, -0.05) is 0 Å². The molecule has 1 aromatic carbocycles. The number of Topliss-reactive ketones (excluding diaryl/α,β-unsaturated/α-hetero) is 3. The van der Waals surface area contributed by atoms with Gasteiger partial charge in [0.15, 0.2) is 17.3 Å². The molecule has 0 amide bonds. The minimum Gasteiger partial charge on any atom is -0.507 e. The maximum absolute atomic E-state index is 13.2. The molecule has 0 unspecified atom stereocenters. The Balaban J connectivity index is 2.45. The quantitative estimate of drug-likeness (QED) is 0.351. The van der Waals surface area contributed by atoms with E-state index in [-0.39, 0.29) is 33.9 Å². The van der Waals surface area contributed by atoms with Crippen LogP contribution >= 0.6 is 0 Å². The highest BCUT2D eigenvalue weighted by molar-refractivity contribution is 6.26. The highest BCUT2D eigenvalue weighted by Gasteiger charge is 2.56. The van der Waals surface area contributed by atoms with Crippen LogP contribution in [0.15, 0.2) is 23.2 Å². The number of carbonyl (C=O) groups is 4. The Hall–Kier alpha value is -3.42. The molecule has 0 saturated heterocycles. The summed E-state index contributed by atoms with van der Waals surface area (Å²) < 4.78 is 11.0. The highest BCUT2D eigenvalue weighted by Crippen LogP contribution is 2.58. The van der Waals surface area contributed by atoms with Crippen LogP contribution in [0, 0.1) is 6.92 Å². The van der Waals surface area contributed by atoms with Crippen molar-refractivity contribution < 1.29 is 38.9 Å². The van der Waals surface area contributed by atoms with Gasteiger partial charge in [0, 0.05) is 18.6 Å². The van der Waals surface area contributed by atoms with Crippen LogP contribution in [0.1, 0.15) is 49.2 Å². The number of aliphatic hydroxyl groups excluding tert-OH is 1. The largest absolute Gasteiger partial charge is 0.507 e. The first-order valence-corrected chi connectivity index (χ1v) is 8.41. The van der Waals surface area contributed by atoms with Crippen LogP contribution in [-0.4, -0.2) is 33.5 Å². The maximum atomic E-state index is 13.2. The summed E-state index contributed by atoms with van der Waals surface area (Å²) in [6, 6.07) is 0. The van der Waals surface area contributed by atoms with Crippen molar-refractivity contribution in [1.29, 1.82) is 0 Å². The lowest BCUT2D eigenvalue weighted by atomic mass is 9.71. The Bertz CT molecular complexity index is 1060.